The maximum absolute atomic E-state index is 13.1. The summed E-state index contributed by atoms with van der Waals surface area (Å²) in [5.41, 5.74) is 16.0. The molecule has 34 heavy (non-hydrogen) atoms. The summed E-state index contributed by atoms with van der Waals surface area (Å²) in [5, 5.41) is 14.4. The summed E-state index contributed by atoms with van der Waals surface area (Å²) in [6.45, 7) is 0.262. The summed E-state index contributed by atoms with van der Waals surface area (Å²) < 4.78 is 0. The second-order valence-corrected chi connectivity index (χ2v) is 9.03. The monoisotopic (exact) mass is 502 g/mol. The molecule has 0 spiro atoms. The number of rotatable bonds is 15. The third-order valence-electron chi connectivity index (χ3n) is 5.40. The molecule has 0 aromatic rings. The number of likely N-dealkylation sites (tertiary alicyclic amines) is 1. The van der Waals surface area contributed by atoms with Gasteiger partial charge in [0.15, 0.2) is 0 Å². The second-order valence-electron chi connectivity index (χ2n) is 8.05. The Labute approximate surface area is 201 Å². The van der Waals surface area contributed by atoms with Gasteiger partial charge in [-0.3, -0.25) is 24.0 Å². The highest BCUT2D eigenvalue weighted by molar-refractivity contribution is 7.98. The molecule has 4 unspecified atom stereocenters. The Bertz CT molecular complexity index is 781. The lowest BCUT2D eigenvalue weighted by Crippen LogP contribution is -2.57. The third-order valence-corrected chi connectivity index (χ3v) is 6.04. The van der Waals surface area contributed by atoms with E-state index in [-0.39, 0.29) is 38.6 Å². The highest BCUT2D eigenvalue weighted by Gasteiger charge is 2.38. The number of carboxylic acid groups (broad SMARTS) is 1. The molecule has 4 atom stereocenters. The summed E-state index contributed by atoms with van der Waals surface area (Å²) in [5.74, 6) is -3.92. The Morgan fingerprint density at radius 2 is 1.56 bits per heavy atom. The molecule has 1 rings (SSSR count). The van der Waals surface area contributed by atoms with Gasteiger partial charge in [-0.15, -0.1) is 0 Å². The van der Waals surface area contributed by atoms with Gasteiger partial charge >= 0.3 is 5.97 Å². The van der Waals surface area contributed by atoms with Crippen molar-refractivity contribution in [3.63, 3.8) is 0 Å². The number of carbonyl (C=O) groups excluding carboxylic acids is 5. The van der Waals surface area contributed by atoms with Crippen molar-refractivity contribution in [1.82, 2.24) is 15.5 Å². The van der Waals surface area contributed by atoms with E-state index in [4.69, 9.17) is 17.2 Å². The predicted molar refractivity (Wildman–Crippen MR) is 124 cm³/mol. The van der Waals surface area contributed by atoms with Crippen molar-refractivity contribution in [2.24, 2.45) is 17.2 Å². The van der Waals surface area contributed by atoms with Gasteiger partial charge in [0.25, 0.3) is 0 Å². The first-order valence-corrected chi connectivity index (χ1v) is 12.3. The van der Waals surface area contributed by atoms with Gasteiger partial charge in [0.1, 0.15) is 18.1 Å². The van der Waals surface area contributed by atoms with Crippen LogP contribution in [0, 0.1) is 0 Å². The number of hydrogen-bond donors (Lipinski definition) is 6. The lowest BCUT2D eigenvalue weighted by atomic mass is 10.1. The number of carbonyl (C=O) groups is 6. The SMILES string of the molecule is CSCCC(NC(=O)C(CCC(N)=O)NC(=O)C(N)CCC(N)=O)C(=O)N1CCCC1C(=O)O. The zero-order valence-electron chi connectivity index (χ0n) is 19.2. The van der Waals surface area contributed by atoms with Crippen molar-refractivity contribution in [2.45, 2.75) is 69.1 Å². The van der Waals surface area contributed by atoms with E-state index in [1.54, 1.807) is 0 Å². The van der Waals surface area contributed by atoms with Gasteiger partial charge in [0.05, 0.1) is 6.04 Å². The molecule has 14 heteroatoms. The number of thioether (sulfide) groups is 1. The molecule has 1 aliphatic heterocycles. The van der Waals surface area contributed by atoms with Gasteiger partial charge in [0, 0.05) is 19.4 Å². The number of amides is 5. The van der Waals surface area contributed by atoms with E-state index in [0.717, 1.165) is 0 Å². The van der Waals surface area contributed by atoms with Gasteiger partial charge in [0.2, 0.25) is 29.5 Å². The fraction of sp³-hybridized carbons (Fsp3) is 0.700. The minimum atomic E-state index is -1.22. The van der Waals surface area contributed by atoms with E-state index in [9.17, 15) is 33.9 Å². The maximum Gasteiger partial charge on any atom is 0.326 e. The van der Waals surface area contributed by atoms with Crippen LogP contribution in [0.2, 0.25) is 0 Å². The number of hydrogen-bond acceptors (Lipinski definition) is 8. The molecular weight excluding hydrogens is 468 g/mol. The van der Waals surface area contributed by atoms with Crippen LogP contribution in [0.15, 0.2) is 0 Å². The van der Waals surface area contributed by atoms with E-state index >= 15 is 0 Å². The molecule has 1 fully saturated rings. The molecule has 0 aliphatic carbocycles. The molecule has 5 amide bonds. The van der Waals surface area contributed by atoms with Crippen LogP contribution in [0.25, 0.3) is 0 Å². The van der Waals surface area contributed by atoms with Crippen molar-refractivity contribution in [3.05, 3.63) is 0 Å². The fourth-order valence-corrected chi connectivity index (χ4v) is 3.99. The van der Waals surface area contributed by atoms with Crippen LogP contribution in [0.5, 0.6) is 0 Å². The largest absolute Gasteiger partial charge is 0.480 e. The quantitative estimate of drug-likeness (QED) is 0.140. The number of nitrogens with one attached hydrogen (secondary N) is 2. The minimum absolute atomic E-state index is 0.0360. The van der Waals surface area contributed by atoms with E-state index in [1.807, 2.05) is 6.26 Å². The van der Waals surface area contributed by atoms with Crippen LogP contribution < -0.4 is 27.8 Å². The normalized spacial score (nSPS) is 17.9. The lowest BCUT2D eigenvalue weighted by molar-refractivity contribution is -0.149. The van der Waals surface area contributed by atoms with Crippen LogP contribution in [-0.2, 0) is 28.8 Å². The Balaban J connectivity index is 2.97. The lowest BCUT2D eigenvalue weighted by Gasteiger charge is -2.29. The number of aliphatic carboxylic acids is 1. The van der Waals surface area contributed by atoms with Gasteiger partial charge in [-0.1, -0.05) is 0 Å². The average molecular weight is 503 g/mol. The van der Waals surface area contributed by atoms with E-state index in [1.165, 1.54) is 16.7 Å². The number of primary amides is 2. The Hall–Kier alpha value is -2.87. The first kappa shape index (κ1) is 29.2. The van der Waals surface area contributed by atoms with Gasteiger partial charge in [-0.25, -0.2) is 4.79 Å². The summed E-state index contributed by atoms with van der Waals surface area (Å²) >= 11 is 1.45. The van der Waals surface area contributed by atoms with Crippen LogP contribution in [-0.4, -0.2) is 88.2 Å². The van der Waals surface area contributed by atoms with Crippen molar-refractivity contribution >= 4 is 47.3 Å². The minimum Gasteiger partial charge on any atom is -0.480 e. The molecular formula is C20H34N6O7S. The molecule has 0 aromatic heterocycles. The van der Waals surface area contributed by atoms with Crippen LogP contribution >= 0.6 is 11.8 Å². The topological polar surface area (TPSA) is 228 Å². The van der Waals surface area contributed by atoms with Crippen LogP contribution in [0.1, 0.15) is 44.9 Å². The highest BCUT2D eigenvalue weighted by atomic mass is 32.2. The molecule has 1 aliphatic rings. The molecule has 0 radical (unpaired) electrons. The summed E-state index contributed by atoms with van der Waals surface area (Å²) in [4.78, 5) is 73.4. The molecule has 1 heterocycles. The van der Waals surface area contributed by atoms with Crippen molar-refractivity contribution in [1.29, 1.82) is 0 Å². The van der Waals surface area contributed by atoms with Gasteiger partial charge in [-0.2, -0.15) is 11.8 Å². The van der Waals surface area contributed by atoms with Crippen LogP contribution in [0.4, 0.5) is 0 Å². The maximum atomic E-state index is 13.1. The standard InChI is InChI=1S/C20H34N6O7S/c1-34-10-8-13(19(31)26-9-2-3-14(26)20(32)33)25-18(30)12(5-7-16(23)28)24-17(29)11(21)4-6-15(22)27/h11-14H,2-10,21H2,1H3,(H2,22,27)(H2,23,28)(H,24,29)(H,25,30)(H,32,33). The van der Waals surface area contributed by atoms with E-state index in [2.05, 4.69) is 10.6 Å². The zero-order valence-corrected chi connectivity index (χ0v) is 20.0. The molecule has 0 saturated carbocycles. The first-order valence-electron chi connectivity index (χ1n) is 10.9. The number of carboxylic acids is 1. The predicted octanol–water partition coefficient (Wildman–Crippen LogP) is -2.36. The third kappa shape index (κ3) is 9.55. The highest BCUT2D eigenvalue weighted by Crippen LogP contribution is 2.20. The van der Waals surface area contributed by atoms with E-state index < -0.39 is 59.7 Å². The molecule has 1 saturated heterocycles. The molecule has 9 N–H and O–H groups in total. The molecule has 13 nitrogen and oxygen atoms in total. The van der Waals surface area contributed by atoms with Gasteiger partial charge in [-0.05, 0) is 44.1 Å². The Kier molecular flexibility index (Phi) is 12.4. The molecule has 0 bridgehead atoms. The number of nitrogens with two attached hydrogens (primary N) is 3. The first-order chi connectivity index (χ1) is 16.0. The molecule has 0 aromatic carbocycles. The Morgan fingerprint density at radius 3 is 2.12 bits per heavy atom. The fourth-order valence-electron chi connectivity index (χ4n) is 3.52. The van der Waals surface area contributed by atoms with Crippen LogP contribution in [0.3, 0.4) is 0 Å². The number of nitrogens with zero attached hydrogens (tertiary/aromatic N) is 1. The van der Waals surface area contributed by atoms with E-state index in [0.29, 0.717) is 18.6 Å². The zero-order chi connectivity index (χ0) is 25.8. The average Bonchev–Trinajstić information content (AvgIpc) is 3.27. The smallest absolute Gasteiger partial charge is 0.326 e. The summed E-state index contributed by atoms with van der Waals surface area (Å²) in [6, 6.07) is -4.32. The van der Waals surface area contributed by atoms with Gasteiger partial charge < -0.3 is 37.8 Å². The van der Waals surface area contributed by atoms with Crippen molar-refractivity contribution < 1.29 is 33.9 Å². The summed E-state index contributed by atoms with van der Waals surface area (Å²) in [6.07, 6.45) is 2.40. The molecule has 192 valence electrons. The van der Waals surface area contributed by atoms with Crippen molar-refractivity contribution in [2.75, 3.05) is 18.6 Å². The Morgan fingerprint density at radius 1 is 0.971 bits per heavy atom. The van der Waals surface area contributed by atoms with Crippen molar-refractivity contribution in [3.8, 4) is 0 Å². The summed E-state index contributed by atoms with van der Waals surface area (Å²) in [7, 11) is 0. The second kappa shape index (κ2) is 14.4.